The summed E-state index contributed by atoms with van der Waals surface area (Å²) in [6, 6.07) is 8.92. The molecule has 0 radical (unpaired) electrons. The van der Waals surface area contributed by atoms with Crippen LogP contribution in [0.25, 0.3) is 10.9 Å². The number of hydrogen-bond acceptors (Lipinski definition) is 0. The summed E-state index contributed by atoms with van der Waals surface area (Å²) in [5, 5.41) is 1.51. The normalized spacial score (nSPS) is 18.9. The summed E-state index contributed by atoms with van der Waals surface area (Å²) in [6.45, 7) is 7.32. The molecule has 1 aromatic heterocycles. The van der Waals surface area contributed by atoms with Gasteiger partial charge in [0.05, 0.1) is 0 Å². The Morgan fingerprint density at radius 1 is 1.11 bits per heavy atom. The first-order valence-electron chi connectivity index (χ1n) is 7.56. The first kappa shape index (κ1) is 14.5. The summed E-state index contributed by atoms with van der Waals surface area (Å²) < 4.78 is 2.42. The number of benzene rings is 1. The molecule has 1 aliphatic rings. The monoisotopic (exact) mass is 277 g/mol. The predicted octanol–water partition coefficient (Wildman–Crippen LogP) is 5.27. The number of nitrogens with zero attached hydrogens (tertiary/aromatic N) is 1. The zero-order chi connectivity index (χ0) is 13.9. The number of aromatic nitrogens is 1. The van der Waals surface area contributed by atoms with Gasteiger partial charge in [-0.1, -0.05) is 32.0 Å². The molecule has 1 aromatic carbocycles. The number of fused-ring (bicyclic) bond motifs is 1. The molecule has 2 aromatic rings. The van der Waals surface area contributed by atoms with Gasteiger partial charge in [0.25, 0.3) is 0 Å². The molecule has 1 aliphatic heterocycles. The molecule has 19 heavy (non-hydrogen) atoms. The standard InChI is InChI=1S/C15H21NS.C2H6/c1-3-16-12-15(17(2)10-6-7-11-17)13-8-4-5-9-14(13)16;1-2/h4-5,8-9,12H,3,6-7,10-11H2,1-2H3;1-2H3. The molecule has 0 aliphatic carbocycles. The van der Waals surface area contributed by atoms with E-state index in [2.05, 4.69) is 48.2 Å². The molecule has 0 unspecified atom stereocenters. The van der Waals surface area contributed by atoms with Crippen molar-refractivity contribution in [3.05, 3.63) is 30.5 Å². The van der Waals surface area contributed by atoms with Crippen LogP contribution in [0.5, 0.6) is 0 Å². The lowest BCUT2D eigenvalue weighted by Gasteiger charge is -2.30. The first-order valence-corrected chi connectivity index (χ1v) is 9.94. The zero-order valence-electron chi connectivity index (χ0n) is 12.8. The predicted molar refractivity (Wildman–Crippen MR) is 89.7 cm³/mol. The number of rotatable bonds is 2. The van der Waals surface area contributed by atoms with Gasteiger partial charge in [-0.3, -0.25) is 0 Å². The van der Waals surface area contributed by atoms with Crippen molar-refractivity contribution in [2.75, 3.05) is 17.8 Å². The summed E-state index contributed by atoms with van der Waals surface area (Å²) in [5.41, 5.74) is 1.42. The first-order chi connectivity index (χ1) is 9.24. The summed E-state index contributed by atoms with van der Waals surface area (Å²) >= 11 is 0. The van der Waals surface area contributed by atoms with Gasteiger partial charge in [-0.25, -0.2) is 10.0 Å². The van der Waals surface area contributed by atoms with Gasteiger partial charge < -0.3 is 4.57 Å². The van der Waals surface area contributed by atoms with E-state index in [0.717, 1.165) is 6.54 Å². The minimum atomic E-state index is -0.519. The topological polar surface area (TPSA) is 4.93 Å². The van der Waals surface area contributed by atoms with Crippen molar-refractivity contribution in [1.82, 2.24) is 4.57 Å². The van der Waals surface area contributed by atoms with Crippen molar-refractivity contribution in [2.24, 2.45) is 0 Å². The van der Waals surface area contributed by atoms with Crippen molar-refractivity contribution in [2.45, 2.75) is 45.1 Å². The molecule has 0 spiro atoms. The van der Waals surface area contributed by atoms with Gasteiger partial charge in [0.2, 0.25) is 0 Å². The third-order valence-electron chi connectivity index (χ3n) is 4.06. The van der Waals surface area contributed by atoms with Crippen LogP contribution < -0.4 is 0 Å². The average Bonchev–Trinajstić information content (AvgIpc) is 3.06. The van der Waals surface area contributed by atoms with Crippen LogP contribution in [0.4, 0.5) is 0 Å². The molecular formula is C17H27NS. The Hall–Kier alpha value is -0.890. The Morgan fingerprint density at radius 2 is 1.74 bits per heavy atom. The van der Waals surface area contributed by atoms with Crippen LogP contribution in [0.1, 0.15) is 33.6 Å². The van der Waals surface area contributed by atoms with Crippen LogP contribution in [0.15, 0.2) is 35.4 Å². The maximum absolute atomic E-state index is 2.53. The molecule has 2 heteroatoms. The van der Waals surface area contributed by atoms with E-state index in [-0.39, 0.29) is 0 Å². The second kappa shape index (κ2) is 6.04. The fraction of sp³-hybridized carbons (Fsp3) is 0.529. The lowest BCUT2D eigenvalue weighted by molar-refractivity contribution is 0.791. The van der Waals surface area contributed by atoms with E-state index in [4.69, 9.17) is 0 Å². The molecule has 1 fully saturated rings. The van der Waals surface area contributed by atoms with Crippen LogP contribution in [-0.2, 0) is 6.54 Å². The number of hydrogen-bond donors (Lipinski definition) is 0. The maximum Gasteiger partial charge on any atom is 0.0491 e. The van der Waals surface area contributed by atoms with Crippen molar-refractivity contribution in [3.63, 3.8) is 0 Å². The van der Waals surface area contributed by atoms with Crippen LogP contribution in [0.2, 0.25) is 0 Å². The molecule has 0 bridgehead atoms. The van der Waals surface area contributed by atoms with E-state index >= 15 is 0 Å². The van der Waals surface area contributed by atoms with E-state index in [9.17, 15) is 0 Å². The Morgan fingerprint density at radius 3 is 2.37 bits per heavy atom. The van der Waals surface area contributed by atoms with E-state index in [1.807, 2.05) is 13.8 Å². The molecule has 1 nitrogen and oxygen atoms in total. The van der Waals surface area contributed by atoms with E-state index in [1.54, 1.807) is 4.90 Å². The quantitative estimate of drug-likeness (QED) is 0.704. The average molecular weight is 277 g/mol. The van der Waals surface area contributed by atoms with Crippen LogP contribution in [-0.4, -0.2) is 22.3 Å². The largest absolute Gasteiger partial charge is 0.347 e. The Balaban J connectivity index is 0.000000637. The van der Waals surface area contributed by atoms with Crippen LogP contribution in [0.3, 0.4) is 0 Å². The molecule has 2 heterocycles. The smallest absolute Gasteiger partial charge is 0.0491 e. The highest BCUT2D eigenvalue weighted by atomic mass is 32.3. The molecule has 0 amide bonds. The van der Waals surface area contributed by atoms with Crippen LogP contribution >= 0.6 is 10.0 Å². The van der Waals surface area contributed by atoms with Gasteiger partial charge >= 0.3 is 0 Å². The molecule has 3 rings (SSSR count). The van der Waals surface area contributed by atoms with Gasteiger partial charge in [-0.15, -0.1) is 0 Å². The third kappa shape index (κ3) is 2.55. The highest BCUT2D eigenvalue weighted by molar-refractivity contribution is 8.33. The second-order valence-electron chi connectivity index (χ2n) is 5.19. The summed E-state index contributed by atoms with van der Waals surface area (Å²) in [6.07, 6.45) is 7.82. The summed E-state index contributed by atoms with van der Waals surface area (Å²) in [7, 11) is -0.519. The third-order valence-corrected chi connectivity index (χ3v) is 7.83. The second-order valence-corrected chi connectivity index (χ2v) is 8.99. The Kier molecular flexibility index (Phi) is 4.62. The van der Waals surface area contributed by atoms with Gasteiger partial charge in [0, 0.05) is 28.5 Å². The Labute approximate surface area is 119 Å². The fourth-order valence-corrected chi connectivity index (χ4v) is 6.44. The lowest BCUT2D eigenvalue weighted by atomic mass is 10.2. The molecule has 0 N–H and O–H groups in total. The van der Waals surface area contributed by atoms with Crippen LogP contribution in [0, 0.1) is 0 Å². The lowest BCUT2D eigenvalue weighted by Crippen LogP contribution is -1.99. The molecule has 0 saturated carbocycles. The molecular weight excluding hydrogens is 250 g/mol. The van der Waals surface area contributed by atoms with E-state index < -0.39 is 10.0 Å². The van der Waals surface area contributed by atoms with Crippen molar-refractivity contribution < 1.29 is 0 Å². The summed E-state index contributed by atoms with van der Waals surface area (Å²) in [4.78, 5) is 1.66. The summed E-state index contributed by atoms with van der Waals surface area (Å²) in [5.74, 6) is 2.87. The minimum absolute atomic E-state index is 0.519. The van der Waals surface area contributed by atoms with E-state index in [1.165, 1.54) is 35.3 Å². The fourth-order valence-electron chi connectivity index (χ4n) is 3.03. The minimum Gasteiger partial charge on any atom is -0.347 e. The molecule has 106 valence electrons. The van der Waals surface area contributed by atoms with Gasteiger partial charge in [-0.05, 0) is 43.6 Å². The van der Waals surface area contributed by atoms with Gasteiger partial charge in [0.15, 0.2) is 0 Å². The van der Waals surface area contributed by atoms with E-state index in [0.29, 0.717) is 0 Å². The zero-order valence-corrected chi connectivity index (χ0v) is 13.6. The number of aryl methyl sites for hydroxylation is 1. The van der Waals surface area contributed by atoms with Gasteiger partial charge in [0.1, 0.15) is 0 Å². The van der Waals surface area contributed by atoms with Gasteiger partial charge in [-0.2, -0.15) is 0 Å². The highest BCUT2D eigenvalue weighted by Gasteiger charge is 2.28. The molecule has 1 saturated heterocycles. The SMILES string of the molecule is CC.CCn1cc(S2(C)CCCC2)c2ccccc21. The Bertz CT molecular complexity index is 535. The van der Waals surface area contributed by atoms with Crippen molar-refractivity contribution >= 4 is 20.9 Å². The van der Waals surface area contributed by atoms with Crippen molar-refractivity contribution in [3.8, 4) is 0 Å². The maximum atomic E-state index is 2.53. The number of para-hydroxylation sites is 1. The molecule has 0 atom stereocenters. The highest BCUT2D eigenvalue weighted by Crippen LogP contribution is 2.59. The van der Waals surface area contributed by atoms with Crippen molar-refractivity contribution in [1.29, 1.82) is 0 Å².